The first-order chi connectivity index (χ1) is 13.8. The molecule has 3 N–H and O–H groups in total. The molecule has 6 nitrogen and oxygen atoms in total. The second-order valence-electron chi connectivity index (χ2n) is 5.92. The molecule has 10 heteroatoms. The number of hydrogen-bond donors (Lipinski definition) is 3. The van der Waals surface area contributed by atoms with Crippen molar-refractivity contribution in [3.8, 4) is 0 Å². The molecule has 0 bridgehead atoms. The Balaban J connectivity index is 1.94. The molecule has 1 amide bonds. The molecule has 0 aliphatic carbocycles. The topological polar surface area (TPSA) is 78.4 Å². The first-order valence-electron chi connectivity index (χ1n) is 8.87. The standard InChI is InChI=1S/C19H21F4N5O/c1-2-25-18(27-9-8-26-17(29)14-4-3-7-24-11-14)28-12-13-5-6-15(20)10-16(13)19(21,22)23/h3-7,10-11H,2,8-9,12H2,1H3,(H,26,29)(H2,25,27,28). The minimum Gasteiger partial charge on any atom is -0.357 e. The largest absolute Gasteiger partial charge is 0.416 e. The van der Waals surface area contributed by atoms with Crippen molar-refractivity contribution in [1.82, 2.24) is 20.9 Å². The van der Waals surface area contributed by atoms with Gasteiger partial charge in [-0.25, -0.2) is 9.38 Å². The van der Waals surface area contributed by atoms with Crippen molar-refractivity contribution in [2.45, 2.75) is 19.6 Å². The number of halogens is 4. The Morgan fingerprint density at radius 1 is 1.14 bits per heavy atom. The Kier molecular flexibility index (Phi) is 7.93. The van der Waals surface area contributed by atoms with Crippen LogP contribution in [0.3, 0.4) is 0 Å². The lowest BCUT2D eigenvalue weighted by Gasteiger charge is -2.14. The van der Waals surface area contributed by atoms with Crippen LogP contribution in [0.5, 0.6) is 0 Å². The average molecular weight is 411 g/mol. The summed E-state index contributed by atoms with van der Waals surface area (Å²) in [5, 5.41) is 8.51. The number of hydrogen-bond acceptors (Lipinski definition) is 3. The zero-order chi connectivity index (χ0) is 21.3. The van der Waals surface area contributed by atoms with E-state index in [0.29, 0.717) is 24.7 Å². The zero-order valence-electron chi connectivity index (χ0n) is 15.7. The van der Waals surface area contributed by atoms with Crippen LogP contribution in [0.15, 0.2) is 47.7 Å². The maximum atomic E-state index is 13.2. The lowest BCUT2D eigenvalue weighted by atomic mass is 10.1. The van der Waals surface area contributed by atoms with Crippen LogP contribution in [0.2, 0.25) is 0 Å². The van der Waals surface area contributed by atoms with Crippen LogP contribution in [-0.2, 0) is 12.7 Å². The van der Waals surface area contributed by atoms with Crippen molar-refractivity contribution in [2.24, 2.45) is 4.99 Å². The van der Waals surface area contributed by atoms with E-state index >= 15 is 0 Å². The average Bonchev–Trinajstić information content (AvgIpc) is 2.69. The van der Waals surface area contributed by atoms with Gasteiger partial charge >= 0.3 is 6.18 Å². The van der Waals surface area contributed by atoms with Gasteiger partial charge in [-0.2, -0.15) is 13.2 Å². The molecular weight excluding hydrogens is 390 g/mol. The highest BCUT2D eigenvalue weighted by Gasteiger charge is 2.33. The van der Waals surface area contributed by atoms with Crippen LogP contribution >= 0.6 is 0 Å². The maximum absolute atomic E-state index is 13.2. The third kappa shape index (κ3) is 7.05. The Morgan fingerprint density at radius 3 is 2.55 bits per heavy atom. The second kappa shape index (κ2) is 10.4. The summed E-state index contributed by atoms with van der Waals surface area (Å²) in [6.45, 7) is 2.58. The molecule has 2 aromatic rings. The zero-order valence-corrected chi connectivity index (χ0v) is 15.7. The van der Waals surface area contributed by atoms with Gasteiger partial charge in [0.05, 0.1) is 17.7 Å². The summed E-state index contributed by atoms with van der Waals surface area (Å²) in [5.74, 6) is -0.969. The van der Waals surface area contributed by atoms with E-state index < -0.39 is 17.6 Å². The molecule has 0 saturated heterocycles. The molecule has 2 rings (SSSR count). The minimum atomic E-state index is -4.67. The van der Waals surface area contributed by atoms with Gasteiger partial charge in [-0.1, -0.05) is 6.07 Å². The SMILES string of the molecule is CCNC(=NCc1ccc(F)cc1C(F)(F)F)NCCNC(=O)c1cccnc1. The number of aliphatic imine (C=N–C) groups is 1. The molecule has 1 heterocycles. The number of alkyl halides is 3. The highest BCUT2D eigenvalue weighted by Crippen LogP contribution is 2.32. The minimum absolute atomic E-state index is 0.138. The molecule has 1 aromatic carbocycles. The Hall–Kier alpha value is -3.17. The number of nitrogens with one attached hydrogen (secondary N) is 3. The van der Waals surface area contributed by atoms with E-state index in [-0.39, 0.29) is 30.5 Å². The highest BCUT2D eigenvalue weighted by atomic mass is 19.4. The molecule has 0 saturated carbocycles. The number of benzene rings is 1. The van der Waals surface area contributed by atoms with Crippen molar-refractivity contribution in [2.75, 3.05) is 19.6 Å². The van der Waals surface area contributed by atoms with Crippen molar-refractivity contribution >= 4 is 11.9 Å². The number of amides is 1. The van der Waals surface area contributed by atoms with E-state index in [9.17, 15) is 22.4 Å². The Bertz CT molecular complexity index is 840. The molecule has 0 atom stereocenters. The smallest absolute Gasteiger partial charge is 0.357 e. The van der Waals surface area contributed by atoms with Crippen molar-refractivity contribution in [3.63, 3.8) is 0 Å². The number of carbonyl (C=O) groups excluding carboxylic acids is 1. The van der Waals surface area contributed by atoms with Gasteiger partial charge in [-0.3, -0.25) is 9.78 Å². The van der Waals surface area contributed by atoms with Crippen LogP contribution in [-0.4, -0.2) is 36.5 Å². The van der Waals surface area contributed by atoms with Crippen LogP contribution < -0.4 is 16.0 Å². The van der Waals surface area contributed by atoms with E-state index in [1.807, 2.05) is 0 Å². The number of aromatic nitrogens is 1. The van der Waals surface area contributed by atoms with E-state index in [4.69, 9.17) is 0 Å². The van der Waals surface area contributed by atoms with Gasteiger partial charge in [0.1, 0.15) is 5.82 Å². The van der Waals surface area contributed by atoms with Gasteiger partial charge in [0.15, 0.2) is 5.96 Å². The third-order valence-corrected chi connectivity index (χ3v) is 3.76. The normalized spacial score (nSPS) is 11.8. The van der Waals surface area contributed by atoms with E-state index in [2.05, 4.69) is 25.9 Å². The highest BCUT2D eigenvalue weighted by molar-refractivity contribution is 5.93. The molecule has 0 fully saturated rings. The van der Waals surface area contributed by atoms with Crippen molar-refractivity contribution in [3.05, 3.63) is 65.2 Å². The lowest BCUT2D eigenvalue weighted by Crippen LogP contribution is -2.41. The summed E-state index contributed by atoms with van der Waals surface area (Å²) in [6, 6.07) is 5.77. The lowest BCUT2D eigenvalue weighted by molar-refractivity contribution is -0.138. The quantitative estimate of drug-likeness (QED) is 0.283. The predicted octanol–water partition coefficient (Wildman–Crippen LogP) is 2.72. The van der Waals surface area contributed by atoms with Gasteiger partial charge in [-0.05, 0) is 36.8 Å². The molecule has 29 heavy (non-hydrogen) atoms. The third-order valence-electron chi connectivity index (χ3n) is 3.76. The summed E-state index contributed by atoms with van der Waals surface area (Å²) < 4.78 is 52.4. The summed E-state index contributed by atoms with van der Waals surface area (Å²) in [7, 11) is 0. The maximum Gasteiger partial charge on any atom is 0.416 e. The number of guanidine groups is 1. The fourth-order valence-corrected chi connectivity index (χ4v) is 2.41. The summed E-state index contributed by atoms with van der Waals surface area (Å²) in [4.78, 5) is 19.9. The molecular formula is C19H21F4N5O. The van der Waals surface area contributed by atoms with Crippen LogP contribution in [0.1, 0.15) is 28.4 Å². The molecule has 0 unspecified atom stereocenters. The first-order valence-corrected chi connectivity index (χ1v) is 8.87. The van der Waals surface area contributed by atoms with E-state index in [1.165, 1.54) is 6.20 Å². The van der Waals surface area contributed by atoms with Crippen LogP contribution in [0.4, 0.5) is 17.6 Å². The van der Waals surface area contributed by atoms with E-state index in [0.717, 1.165) is 12.1 Å². The van der Waals surface area contributed by atoms with Gasteiger partial charge in [0.25, 0.3) is 5.91 Å². The van der Waals surface area contributed by atoms with Gasteiger partial charge in [-0.15, -0.1) is 0 Å². The Morgan fingerprint density at radius 2 is 1.90 bits per heavy atom. The Labute approximate surface area is 165 Å². The van der Waals surface area contributed by atoms with Crippen LogP contribution in [0.25, 0.3) is 0 Å². The number of rotatable bonds is 7. The predicted molar refractivity (Wildman–Crippen MR) is 101 cm³/mol. The van der Waals surface area contributed by atoms with E-state index in [1.54, 1.807) is 25.3 Å². The molecule has 156 valence electrons. The van der Waals surface area contributed by atoms with Crippen molar-refractivity contribution in [1.29, 1.82) is 0 Å². The number of nitrogens with zero attached hydrogens (tertiary/aromatic N) is 2. The summed E-state index contributed by atoms with van der Waals surface area (Å²) in [5.41, 5.74) is -0.772. The van der Waals surface area contributed by atoms with Crippen LogP contribution in [0, 0.1) is 5.82 Å². The second-order valence-corrected chi connectivity index (χ2v) is 5.92. The number of pyridine rings is 1. The summed E-state index contributed by atoms with van der Waals surface area (Å²) in [6.07, 6.45) is -1.67. The van der Waals surface area contributed by atoms with Gasteiger partial charge in [0.2, 0.25) is 0 Å². The van der Waals surface area contributed by atoms with Gasteiger partial charge in [0, 0.05) is 32.0 Å². The molecule has 0 aliphatic heterocycles. The molecule has 1 aromatic heterocycles. The molecule has 0 aliphatic rings. The number of carbonyl (C=O) groups is 1. The molecule has 0 spiro atoms. The monoisotopic (exact) mass is 411 g/mol. The van der Waals surface area contributed by atoms with Crippen molar-refractivity contribution < 1.29 is 22.4 Å². The first kappa shape index (κ1) is 22.1. The van der Waals surface area contributed by atoms with Gasteiger partial charge < -0.3 is 16.0 Å². The summed E-state index contributed by atoms with van der Waals surface area (Å²) >= 11 is 0. The fraction of sp³-hybridized carbons (Fsp3) is 0.316. The fourth-order valence-electron chi connectivity index (χ4n) is 2.41. The molecule has 0 radical (unpaired) electrons.